The minimum atomic E-state index is -0.258. The number of ether oxygens (including phenoxy) is 2. The predicted octanol–water partition coefficient (Wildman–Crippen LogP) is 2.79. The molecule has 2 aliphatic heterocycles. The van der Waals surface area contributed by atoms with Crippen LogP contribution in [0.1, 0.15) is 36.8 Å². The molecule has 126 valence electrons. The number of hydrogen-bond acceptors (Lipinski definition) is 3. The van der Waals surface area contributed by atoms with Crippen LogP contribution in [0.15, 0.2) is 12.1 Å². The fraction of sp³-hybridized carbons (Fsp3) is 0.667. The number of rotatable bonds is 2. The first-order chi connectivity index (χ1) is 11.0. The number of aliphatic hydroxyl groups is 1. The lowest BCUT2D eigenvalue weighted by molar-refractivity contribution is -0.912. The number of benzene rings is 1. The Morgan fingerprint density at radius 2 is 2.26 bits per heavy atom. The Balaban J connectivity index is 1.89. The average Bonchev–Trinajstić information content (AvgIpc) is 2.81. The minimum Gasteiger partial charge on any atom is -0.493 e. The fourth-order valence-electron chi connectivity index (χ4n) is 4.80. The zero-order valence-electron chi connectivity index (χ0n) is 13.8. The normalized spacial score (nSPS) is 38.3. The maximum absolute atomic E-state index is 10.1. The summed E-state index contributed by atoms with van der Waals surface area (Å²) in [6.45, 7) is 1.96. The summed E-state index contributed by atoms with van der Waals surface area (Å²) in [7, 11) is 3.93. The van der Waals surface area contributed by atoms with Gasteiger partial charge in [0, 0.05) is 29.4 Å². The van der Waals surface area contributed by atoms with Crippen molar-refractivity contribution in [2.45, 2.75) is 49.9 Å². The third-order valence-corrected chi connectivity index (χ3v) is 6.73. The van der Waals surface area contributed by atoms with Crippen molar-refractivity contribution in [3.05, 3.63) is 23.3 Å². The van der Waals surface area contributed by atoms with E-state index in [2.05, 4.69) is 13.1 Å². The van der Waals surface area contributed by atoms with E-state index in [0.29, 0.717) is 12.4 Å². The molecule has 23 heavy (non-hydrogen) atoms. The second-order valence-corrected chi connectivity index (χ2v) is 7.93. The fourth-order valence-corrected chi connectivity index (χ4v) is 5.00. The van der Waals surface area contributed by atoms with Gasteiger partial charge in [0.25, 0.3) is 0 Å². The van der Waals surface area contributed by atoms with Gasteiger partial charge in [-0.3, -0.25) is 0 Å². The van der Waals surface area contributed by atoms with E-state index >= 15 is 0 Å². The number of methoxy groups -OCH3 is 1. The number of quaternary nitrogens is 1. The van der Waals surface area contributed by atoms with Crippen LogP contribution in [0, 0.1) is 0 Å². The number of alkyl halides is 1. The highest BCUT2D eigenvalue weighted by Crippen LogP contribution is 2.58. The number of aliphatic hydroxyl groups excluding tert-OH is 1. The lowest BCUT2D eigenvalue weighted by Crippen LogP contribution is -2.48. The summed E-state index contributed by atoms with van der Waals surface area (Å²) >= 11 is 6.30. The Hall–Kier alpha value is -0.970. The van der Waals surface area contributed by atoms with E-state index in [9.17, 15) is 5.11 Å². The van der Waals surface area contributed by atoms with Crippen LogP contribution >= 0.6 is 11.6 Å². The molecule has 1 N–H and O–H groups in total. The summed E-state index contributed by atoms with van der Waals surface area (Å²) in [6, 6.07) is 4.81. The quantitative estimate of drug-likeness (QED) is 0.512. The first-order valence-corrected chi connectivity index (χ1v) is 8.99. The molecule has 1 aromatic rings. The van der Waals surface area contributed by atoms with Crippen LogP contribution < -0.4 is 9.47 Å². The SMILES string of the molecule is COc1ccc2c3c1O[C@H]1C[C@@H](O)CC[C@@]31CC[N@@+](C)(CCl)C2. The highest BCUT2D eigenvalue weighted by molar-refractivity contribution is 6.16. The molecule has 0 radical (unpaired) electrons. The zero-order valence-corrected chi connectivity index (χ0v) is 14.6. The van der Waals surface area contributed by atoms with Gasteiger partial charge in [0.1, 0.15) is 12.6 Å². The Bertz CT molecular complexity index is 637. The van der Waals surface area contributed by atoms with Crippen LogP contribution in [-0.4, -0.2) is 48.5 Å². The third-order valence-electron chi connectivity index (χ3n) is 6.15. The maximum atomic E-state index is 10.1. The molecule has 0 aromatic heterocycles. The van der Waals surface area contributed by atoms with E-state index < -0.39 is 0 Å². The Kier molecular flexibility index (Phi) is 3.56. The molecule has 4 atom stereocenters. The van der Waals surface area contributed by atoms with Gasteiger partial charge in [-0.25, -0.2) is 0 Å². The van der Waals surface area contributed by atoms with Crippen molar-refractivity contribution < 1.29 is 19.1 Å². The predicted molar refractivity (Wildman–Crippen MR) is 89.0 cm³/mol. The molecule has 4 nitrogen and oxygen atoms in total. The van der Waals surface area contributed by atoms with Gasteiger partial charge in [-0.1, -0.05) is 11.6 Å². The van der Waals surface area contributed by atoms with Gasteiger partial charge in [-0.15, -0.1) is 0 Å². The molecule has 3 aliphatic rings. The summed E-state index contributed by atoms with van der Waals surface area (Å²) in [6.07, 6.45) is 3.39. The smallest absolute Gasteiger partial charge is 0.166 e. The van der Waals surface area contributed by atoms with Crippen LogP contribution in [0.5, 0.6) is 11.5 Å². The van der Waals surface area contributed by atoms with Crippen LogP contribution in [0.3, 0.4) is 0 Å². The zero-order chi connectivity index (χ0) is 16.2. The molecule has 1 saturated carbocycles. The van der Waals surface area contributed by atoms with Gasteiger partial charge in [-0.2, -0.15) is 0 Å². The maximum Gasteiger partial charge on any atom is 0.166 e. The summed E-state index contributed by atoms with van der Waals surface area (Å²) in [4.78, 5) is 0. The van der Waals surface area contributed by atoms with Crippen molar-refractivity contribution >= 4 is 11.6 Å². The van der Waals surface area contributed by atoms with Crippen LogP contribution in [0.4, 0.5) is 0 Å². The van der Waals surface area contributed by atoms with E-state index in [-0.39, 0.29) is 17.6 Å². The Labute approximate surface area is 142 Å². The van der Waals surface area contributed by atoms with Gasteiger partial charge in [0.15, 0.2) is 17.5 Å². The van der Waals surface area contributed by atoms with Gasteiger partial charge in [0.05, 0.1) is 26.8 Å². The molecule has 5 heteroatoms. The van der Waals surface area contributed by atoms with Gasteiger partial charge < -0.3 is 19.1 Å². The van der Waals surface area contributed by atoms with Crippen molar-refractivity contribution in [3.63, 3.8) is 0 Å². The molecule has 1 fully saturated rings. The molecular weight excluding hydrogens is 314 g/mol. The lowest BCUT2D eigenvalue weighted by Gasteiger charge is -2.40. The molecule has 0 unspecified atom stereocenters. The molecule has 0 amide bonds. The summed E-state index contributed by atoms with van der Waals surface area (Å²) in [5.41, 5.74) is 2.68. The Morgan fingerprint density at radius 3 is 3.00 bits per heavy atom. The molecule has 1 aliphatic carbocycles. The highest BCUT2D eigenvalue weighted by atomic mass is 35.5. The molecule has 1 aromatic carbocycles. The Morgan fingerprint density at radius 1 is 1.43 bits per heavy atom. The molecule has 4 rings (SSSR count). The number of nitrogens with zero attached hydrogens (tertiary/aromatic N) is 1. The van der Waals surface area contributed by atoms with Gasteiger partial charge in [0.2, 0.25) is 0 Å². The molecule has 1 spiro atoms. The highest BCUT2D eigenvalue weighted by Gasteiger charge is 2.56. The summed E-state index contributed by atoms with van der Waals surface area (Å²) in [5, 5.41) is 10.1. The summed E-state index contributed by atoms with van der Waals surface area (Å²) in [5.74, 6) is 1.72. The van der Waals surface area contributed by atoms with E-state index in [1.54, 1.807) is 7.11 Å². The van der Waals surface area contributed by atoms with E-state index in [0.717, 1.165) is 48.3 Å². The molecule has 0 bridgehead atoms. The number of halogens is 1. The molecule has 0 saturated heterocycles. The van der Waals surface area contributed by atoms with E-state index in [4.69, 9.17) is 21.1 Å². The van der Waals surface area contributed by atoms with Crippen molar-refractivity contribution in [3.8, 4) is 11.5 Å². The first-order valence-electron chi connectivity index (χ1n) is 8.46. The third kappa shape index (κ3) is 2.19. The van der Waals surface area contributed by atoms with E-state index in [1.165, 1.54) is 11.1 Å². The minimum absolute atomic E-state index is 0.0144. The first kappa shape index (κ1) is 15.6. The van der Waals surface area contributed by atoms with Crippen LogP contribution in [0.25, 0.3) is 0 Å². The van der Waals surface area contributed by atoms with Crippen molar-refractivity contribution in [1.82, 2.24) is 0 Å². The van der Waals surface area contributed by atoms with Gasteiger partial charge in [-0.05, 0) is 25.0 Å². The molecule has 2 heterocycles. The van der Waals surface area contributed by atoms with Crippen LogP contribution in [-0.2, 0) is 12.0 Å². The number of hydrogen-bond donors (Lipinski definition) is 1. The summed E-state index contributed by atoms with van der Waals surface area (Å²) < 4.78 is 12.8. The van der Waals surface area contributed by atoms with Crippen molar-refractivity contribution in [2.24, 2.45) is 0 Å². The van der Waals surface area contributed by atoms with Crippen LogP contribution in [0.2, 0.25) is 0 Å². The second kappa shape index (κ2) is 5.27. The standard InChI is InChI=1S/C18H25ClNO3/c1-20(11-19)8-7-18-6-5-13(21)9-15(18)23-17-14(22-2)4-3-12(10-20)16(17)18/h3-4,13,15,21H,5-11H2,1-2H3/q+1/t13-,15-,18-,20+/m0/s1. The average molecular weight is 339 g/mol. The van der Waals surface area contributed by atoms with Gasteiger partial charge >= 0.3 is 0 Å². The topological polar surface area (TPSA) is 38.7 Å². The monoisotopic (exact) mass is 338 g/mol. The van der Waals surface area contributed by atoms with Crippen molar-refractivity contribution in [1.29, 1.82) is 0 Å². The largest absolute Gasteiger partial charge is 0.493 e. The van der Waals surface area contributed by atoms with Crippen molar-refractivity contribution in [2.75, 3.05) is 26.7 Å². The van der Waals surface area contributed by atoms with E-state index in [1.807, 2.05) is 6.07 Å². The molecular formula is C18H25ClNO3+. The lowest BCUT2D eigenvalue weighted by atomic mass is 9.65. The second-order valence-electron chi connectivity index (χ2n) is 7.69.